The van der Waals surface area contributed by atoms with Gasteiger partial charge < -0.3 is 20.4 Å². The number of hydrogen-bond donors (Lipinski definition) is 3. The molecule has 0 radical (unpaired) electrons. The van der Waals surface area contributed by atoms with Gasteiger partial charge in [0.15, 0.2) is 0 Å². The van der Waals surface area contributed by atoms with Gasteiger partial charge in [0.1, 0.15) is 0 Å². The number of aliphatic hydroxyl groups excluding tert-OH is 2. The minimum absolute atomic E-state index is 0.130. The van der Waals surface area contributed by atoms with Crippen LogP contribution in [-0.4, -0.2) is 61.6 Å². The van der Waals surface area contributed by atoms with Crippen molar-refractivity contribution >= 4 is 0 Å². The van der Waals surface area contributed by atoms with Crippen LogP contribution >= 0.6 is 0 Å². The summed E-state index contributed by atoms with van der Waals surface area (Å²) in [7, 11) is 6.00. The molecule has 0 aliphatic carbocycles. The van der Waals surface area contributed by atoms with Crippen molar-refractivity contribution in [3.8, 4) is 0 Å². The highest BCUT2D eigenvalue weighted by atomic mass is 16.3. The summed E-state index contributed by atoms with van der Waals surface area (Å²) in [5.41, 5.74) is 0. The Morgan fingerprint density at radius 3 is 2.08 bits per heavy atom. The molecule has 2 atom stereocenters. The normalized spacial score (nSPS) is 28.5. The molecule has 74 valence electrons. The molecule has 3 N–H and O–H groups in total. The molecule has 0 bridgehead atoms. The minimum Gasteiger partial charge on any atom is -0.395 e. The average Bonchev–Trinajstić information content (AvgIpc) is 2.34. The molecule has 1 rings (SSSR count). The zero-order chi connectivity index (χ0) is 9.56. The second kappa shape index (κ2) is 6.37. The highest BCUT2D eigenvalue weighted by Crippen LogP contribution is 2.03. The standard InChI is InChI=1S/C5H11NO2.C3H9N/c7-3-4-1-5(8)2-6-4;1-4(2)3/h4-8H,1-3H2;1-3H3. The van der Waals surface area contributed by atoms with E-state index in [1.807, 2.05) is 26.0 Å². The van der Waals surface area contributed by atoms with E-state index >= 15 is 0 Å². The van der Waals surface area contributed by atoms with Crippen molar-refractivity contribution in [3.05, 3.63) is 0 Å². The Labute approximate surface area is 74.2 Å². The molecular formula is C8H20N2O2. The van der Waals surface area contributed by atoms with Crippen LogP contribution in [-0.2, 0) is 0 Å². The Balaban J connectivity index is 0.000000261. The van der Waals surface area contributed by atoms with E-state index in [0.717, 1.165) is 0 Å². The largest absolute Gasteiger partial charge is 0.395 e. The topological polar surface area (TPSA) is 55.7 Å². The summed E-state index contributed by atoms with van der Waals surface area (Å²) in [6.07, 6.45) is 0.448. The van der Waals surface area contributed by atoms with Crippen molar-refractivity contribution in [2.45, 2.75) is 18.6 Å². The second-order valence-electron chi connectivity index (χ2n) is 3.52. The second-order valence-corrected chi connectivity index (χ2v) is 3.52. The van der Waals surface area contributed by atoms with Gasteiger partial charge in [-0.05, 0) is 27.6 Å². The van der Waals surface area contributed by atoms with Gasteiger partial charge in [0.2, 0.25) is 0 Å². The number of hydrogen-bond acceptors (Lipinski definition) is 4. The van der Waals surface area contributed by atoms with E-state index in [9.17, 15) is 0 Å². The Bertz CT molecular complexity index is 106. The number of nitrogens with zero attached hydrogens (tertiary/aromatic N) is 1. The third kappa shape index (κ3) is 6.54. The lowest BCUT2D eigenvalue weighted by Gasteiger charge is -2.01. The summed E-state index contributed by atoms with van der Waals surface area (Å²) in [6.45, 7) is 0.766. The molecule has 0 aromatic heterocycles. The van der Waals surface area contributed by atoms with E-state index < -0.39 is 0 Å². The van der Waals surface area contributed by atoms with E-state index in [1.54, 1.807) is 0 Å². The van der Waals surface area contributed by atoms with Crippen LogP contribution in [0.3, 0.4) is 0 Å². The maximum Gasteiger partial charge on any atom is 0.0680 e. The van der Waals surface area contributed by atoms with E-state index in [2.05, 4.69) is 5.32 Å². The zero-order valence-electron chi connectivity index (χ0n) is 8.12. The van der Waals surface area contributed by atoms with Gasteiger partial charge in [-0.1, -0.05) is 0 Å². The smallest absolute Gasteiger partial charge is 0.0680 e. The molecular weight excluding hydrogens is 156 g/mol. The van der Waals surface area contributed by atoms with E-state index in [1.165, 1.54) is 0 Å². The Kier molecular flexibility index (Phi) is 6.28. The predicted molar refractivity (Wildman–Crippen MR) is 49.1 cm³/mol. The lowest BCUT2D eigenvalue weighted by atomic mass is 10.2. The van der Waals surface area contributed by atoms with Gasteiger partial charge in [0, 0.05) is 12.6 Å². The van der Waals surface area contributed by atoms with Crippen LogP contribution in [0.5, 0.6) is 0 Å². The number of rotatable bonds is 1. The van der Waals surface area contributed by atoms with Gasteiger partial charge in [-0.3, -0.25) is 0 Å². The first kappa shape index (κ1) is 11.8. The SMILES string of the molecule is CN(C)C.OCC1CC(O)CN1. The first-order valence-corrected chi connectivity index (χ1v) is 4.19. The molecule has 1 saturated heterocycles. The average molecular weight is 176 g/mol. The number of β-amino-alcohol motifs (C(OH)–C–C–N with tert-alkyl or cyclic N) is 1. The first-order chi connectivity index (χ1) is 5.56. The van der Waals surface area contributed by atoms with Gasteiger partial charge >= 0.3 is 0 Å². The van der Waals surface area contributed by atoms with Gasteiger partial charge in [-0.2, -0.15) is 0 Å². The molecule has 0 spiro atoms. The molecule has 4 nitrogen and oxygen atoms in total. The number of aliphatic hydroxyl groups is 2. The Hall–Kier alpha value is -0.160. The van der Waals surface area contributed by atoms with Gasteiger partial charge in [-0.15, -0.1) is 0 Å². The molecule has 12 heavy (non-hydrogen) atoms. The monoisotopic (exact) mass is 176 g/mol. The van der Waals surface area contributed by atoms with Crippen molar-refractivity contribution in [3.63, 3.8) is 0 Å². The fraction of sp³-hybridized carbons (Fsp3) is 1.00. The molecule has 2 unspecified atom stereocenters. The van der Waals surface area contributed by atoms with Crippen molar-refractivity contribution in [1.29, 1.82) is 0 Å². The lowest BCUT2D eigenvalue weighted by molar-refractivity contribution is 0.184. The summed E-state index contributed by atoms with van der Waals surface area (Å²) in [5.74, 6) is 0. The molecule has 1 fully saturated rings. The van der Waals surface area contributed by atoms with Gasteiger partial charge in [0.05, 0.1) is 12.7 Å². The minimum atomic E-state index is -0.243. The quantitative estimate of drug-likeness (QED) is 0.474. The Morgan fingerprint density at radius 2 is 1.92 bits per heavy atom. The van der Waals surface area contributed by atoms with Crippen molar-refractivity contribution in [1.82, 2.24) is 10.2 Å². The summed E-state index contributed by atoms with van der Waals surface area (Å²) in [5, 5.41) is 20.3. The fourth-order valence-corrected chi connectivity index (χ4v) is 0.937. The van der Waals surface area contributed by atoms with Gasteiger partial charge in [-0.25, -0.2) is 0 Å². The summed E-state index contributed by atoms with van der Waals surface area (Å²) in [6, 6.07) is 0.130. The highest BCUT2D eigenvalue weighted by Gasteiger charge is 2.20. The lowest BCUT2D eigenvalue weighted by Crippen LogP contribution is -2.24. The van der Waals surface area contributed by atoms with Gasteiger partial charge in [0.25, 0.3) is 0 Å². The highest BCUT2D eigenvalue weighted by molar-refractivity contribution is 4.79. The maximum atomic E-state index is 8.86. The summed E-state index contributed by atoms with van der Waals surface area (Å²) in [4.78, 5) is 2.00. The van der Waals surface area contributed by atoms with Crippen molar-refractivity contribution in [2.24, 2.45) is 0 Å². The van der Waals surface area contributed by atoms with Crippen molar-refractivity contribution in [2.75, 3.05) is 34.3 Å². The van der Waals surface area contributed by atoms with Crippen LogP contribution in [0.2, 0.25) is 0 Å². The molecule has 0 amide bonds. The van der Waals surface area contributed by atoms with Crippen LogP contribution in [0, 0.1) is 0 Å². The molecule has 0 aromatic carbocycles. The van der Waals surface area contributed by atoms with Crippen molar-refractivity contribution < 1.29 is 10.2 Å². The van der Waals surface area contributed by atoms with Crippen LogP contribution in [0.25, 0.3) is 0 Å². The van der Waals surface area contributed by atoms with Crippen LogP contribution < -0.4 is 5.32 Å². The molecule has 1 heterocycles. The van der Waals surface area contributed by atoms with E-state index in [-0.39, 0.29) is 18.8 Å². The number of nitrogens with one attached hydrogen (secondary N) is 1. The third-order valence-corrected chi connectivity index (χ3v) is 1.42. The predicted octanol–water partition coefficient (Wildman–Crippen LogP) is -1.12. The molecule has 4 heteroatoms. The Morgan fingerprint density at radius 1 is 1.42 bits per heavy atom. The molecule has 1 aliphatic rings. The zero-order valence-corrected chi connectivity index (χ0v) is 8.12. The van der Waals surface area contributed by atoms with Crippen LogP contribution in [0.4, 0.5) is 0 Å². The van der Waals surface area contributed by atoms with E-state index in [0.29, 0.717) is 13.0 Å². The van der Waals surface area contributed by atoms with E-state index in [4.69, 9.17) is 10.2 Å². The summed E-state index contributed by atoms with van der Waals surface area (Å²) >= 11 is 0. The first-order valence-electron chi connectivity index (χ1n) is 4.19. The fourth-order valence-electron chi connectivity index (χ4n) is 0.937. The summed E-state index contributed by atoms with van der Waals surface area (Å²) < 4.78 is 0. The maximum absolute atomic E-state index is 8.86. The molecule has 1 aliphatic heterocycles. The van der Waals surface area contributed by atoms with Crippen LogP contribution in [0.15, 0.2) is 0 Å². The third-order valence-electron chi connectivity index (χ3n) is 1.42. The van der Waals surface area contributed by atoms with Crippen LogP contribution in [0.1, 0.15) is 6.42 Å². The molecule has 0 aromatic rings. The molecule has 0 saturated carbocycles.